The molecule has 3 aromatic carbocycles. The number of amides is 1. The third-order valence-electron chi connectivity index (χ3n) is 7.65. The first kappa shape index (κ1) is 21.5. The number of halogens is 1. The van der Waals surface area contributed by atoms with E-state index in [1.54, 1.807) is 0 Å². The predicted octanol–water partition coefficient (Wildman–Crippen LogP) is 4.96. The van der Waals surface area contributed by atoms with E-state index in [0.29, 0.717) is 38.2 Å². The highest BCUT2D eigenvalue weighted by atomic mass is 19.1. The minimum absolute atomic E-state index is 0.0169. The molecule has 1 aliphatic carbocycles. The highest BCUT2D eigenvalue weighted by Gasteiger charge is 2.45. The summed E-state index contributed by atoms with van der Waals surface area (Å²) in [5.74, 6) is 0.173. The van der Waals surface area contributed by atoms with Gasteiger partial charge in [0.05, 0.1) is 6.10 Å². The van der Waals surface area contributed by atoms with Crippen LogP contribution in [0.3, 0.4) is 0 Å². The summed E-state index contributed by atoms with van der Waals surface area (Å²) >= 11 is 0. The van der Waals surface area contributed by atoms with Gasteiger partial charge in [0.1, 0.15) is 6.10 Å². The second kappa shape index (κ2) is 8.97. The maximum absolute atomic E-state index is 15.8. The molecule has 34 heavy (non-hydrogen) atoms. The SMILES string of the molecule is O=C(c1ccccc1)N1CCN(C(F)C2CC3c4ccccc4Cc4ccccc4C3O2)CC1. The van der Waals surface area contributed by atoms with Crippen molar-refractivity contribution in [3.63, 3.8) is 0 Å². The fourth-order valence-electron chi connectivity index (χ4n) is 5.87. The topological polar surface area (TPSA) is 32.8 Å². The van der Waals surface area contributed by atoms with Gasteiger partial charge in [-0.2, -0.15) is 0 Å². The molecule has 0 N–H and O–H groups in total. The van der Waals surface area contributed by atoms with Crippen molar-refractivity contribution in [3.8, 4) is 0 Å². The lowest BCUT2D eigenvalue weighted by Gasteiger charge is -2.38. The number of hydrogen-bond donors (Lipinski definition) is 0. The van der Waals surface area contributed by atoms with Crippen molar-refractivity contribution in [2.24, 2.45) is 0 Å². The minimum atomic E-state index is -1.18. The Hall–Kier alpha value is -3.02. The van der Waals surface area contributed by atoms with Crippen LogP contribution in [0, 0.1) is 0 Å². The number of carbonyl (C=O) groups is 1. The van der Waals surface area contributed by atoms with Crippen LogP contribution in [0.2, 0.25) is 0 Å². The van der Waals surface area contributed by atoms with E-state index in [-0.39, 0.29) is 17.9 Å². The molecule has 0 bridgehead atoms. The number of nitrogens with zero attached hydrogens (tertiary/aromatic N) is 2. The molecule has 2 heterocycles. The molecule has 2 aliphatic heterocycles. The number of hydrogen-bond acceptors (Lipinski definition) is 3. The average Bonchev–Trinajstić information content (AvgIpc) is 3.29. The van der Waals surface area contributed by atoms with Crippen molar-refractivity contribution in [2.45, 2.75) is 37.3 Å². The molecule has 0 radical (unpaired) electrons. The number of alkyl halides is 1. The lowest BCUT2D eigenvalue weighted by molar-refractivity contribution is -0.0761. The number of fused-ring (bicyclic) bond motifs is 5. The first-order valence-electron chi connectivity index (χ1n) is 12.2. The van der Waals surface area contributed by atoms with Crippen molar-refractivity contribution in [1.29, 1.82) is 0 Å². The average molecular weight is 457 g/mol. The molecule has 5 heteroatoms. The fourth-order valence-corrected chi connectivity index (χ4v) is 5.87. The highest BCUT2D eigenvalue weighted by Crippen LogP contribution is 2.50. The first-order chi connectivity index (χ1) is 16.7. The number of ether oxygens (including phenoxy) is 1. The molecular formula is C29H29FN2O2. The second-order valence-electron chi connectivity index (χ2n) is 9.58. The summed E-state index contributed by atoms with van der Waals surface area (Å²) in [6.07, 6.45) is -0.223. The predicted molar refractivity (Wildman–Crippen MR) is 129 cm³/mol. The zero-order chi connectivity index (χ0) is 23.1. The molecule has 174 valence electrons. The van der Waals surface area contributed by atoms with Gasteiger partial charge in [-0.1, -0.05) is 66.7 Å². The number of benzene rings is 3. The molecule has 0 spiro atoms. The normalized spacial score (nSPS) is 25.1. The van der Waals surface area contributed by atoms with Crippen LogP contribution < -0.4 is 0 Å². The van der Waals surface area contributed by atoms with Crippen molar-refractivity contribution in [1.82, 2.24) is 9.80 Å². The van der Waals surface area contributed by atoms with Crippen LogP contribution in [-0.4, -0.2) is 54.3 Å². The van der Waals surface area contributed by atoms with Gasteiger partial charge >= 0.3 is 0 Å². The van der Waals surface area contributed by atoms with E-state index in [1.165, 1.54) is 22.3 Å². The van der Waals surface area contributed by atoms with E-state index in [2.05, 4.69) is 48.5 Å². The molecule has 0 saturated carbocycles. The van der Waals surface area contributed by atoms with Gasteiger partial charge in [0, 0.05) is 37.7 Å². The van der Waals surface area contributed by atoms with Crippen LogP contribution in [0.25, 0.3) is 0 Å². The van der Waals surface area contributed by atoms with Crippen molar-refractivity contribution < 1.29 is 13.9 Å². The lowest BCUT2D eigenvalue weighted by Crippen LogP contribution is -2.53. The summed E-state index contributed by atoms with van der Waals surface area (Å²) in [7, 11) is 0. The molecule has 1 amide bonds. The van der Waals surface area contributed by atoms with E-state index in [0.717, 1.165) is 6.42 Å². The molecule has 4 unspecified atom stereocenters. The van der Waals surface area contributed by atoms with Gasteiger partial charge in [-0.25, -0.2) is 4.39 Å². The van der Waals surface area contributed by atoms with Gasteiger partial charge in [-0.05, 0) is 47.2 Å². The molecule has 0 aromatic heterocycles. The molecule has 4 atom stereocenters. The maximum Gasteiger partial charge on any atom is 0.253 e. The van der Waals surface area contributed by atoms with E-state index in [9.17, 15) is 4.79 Å². The molecule has 3 aromatic rings. The Morgan fingerprint density at radius 3 is 2.18 bits per heavy atom. The Balaban J connectivity index is 1.17. The van der Waals surface area contributed by atoms with Crippen molar-refractivity contribution in [3.05, 3.63) is 107 Å². The summed E-state index contributed by atoms with van der Waals surface area (Å²) in [4.78, 5) is 16.4. The monoisotopic (exact) mass is 456 g/mol. The van der Waals surface area contributed by atoms with Crippen molar-refractivity contribution >= 4 is 5.91 Å². The van der Waals surface area contributed by atoms with Crippen LogP contribution in [0.15, 0.2) is 78.9 Å². The molecule has 3 aliphatic rings. The Kier molecular flexibility index (Phi) is 5.67. The van der Waals surface area contributed by atoms with Crippen LogP contribution in [-0.2, 0) is 11.2 Å². The maximum atomic E-state index is 15.8. The summed E-state index contributed by atoms with van der Waals surface area (Å²) in [5.41, 5.74) is 5.75. The Labute approximate surface area is 200 Å². The molecule has 2 fully saturated rings. The van der Waals surface area contributed by atoms with Gasteiger partial charge in [-0.3, -0.25) is 9.69 Å². The quantitative estimate of drug-likeness (QED) is 0.523. The largest absolute Gasteiger partial charge is 0.365 e. The van der Waals surface area contributed by atoms with E-state index < -0.39 is 12.4 Å². The van der Waals surface area contributed by atoms with Gasteiger partial charge in [0.15, 0.2) is 6.30 Å². The molecule has 4 nitrogen and oxygen atoms in total. The number of carbonyl (C=O) groups excluding carboxylic acids is 1. The Bertz CT molecular complexity index is 1120. The third kappa shape index (κ3) is 3.83. The van der Waals surface area contributed by atoms with E-state index in [4.69, 9.17) is 4.74 Å². The Morgan fingerprint density at radius 2 is 1.44 bits per heavy atom. The van der Waals surface area contributed by atoms with E-state index in [1.807, 2.05) is 40.1 Å². The van der Waals surface area contributed by atoms with Crippen LogP contribution in [0.4, 0.5) is 4.39 Å². The second-order valence-corrected chi connectivity index (χ2v) is 9.58. The molecule has 2 saturated heterocycles. The molecular weight excluding hydrogens is 427 g/mol. The minimum Gasteiger partial charge on any atom is -0.365 e. The summed E-state index contributed by atoms with van der Waals surface area (Å²) in [6.45, 7) is 2.09. The van der Waals surface area contributed by atoms with Crippen LogP contribution in [0.1, 0.15) is 51.1 Å². The first-order valence-corrected chi connectivity index (χ1v) is 12.2. The third-order valence-corrected chi connectivity index (χ3v) is 7.65. The number of rotatable bonds is 3. The standard InChI is InChI=1S/C29H29FN2O2/c30-28(31-14-16-32(17-15-31)29(33)20-8-2-1-3-9-20)26-19-25-23-12-6-4-10-21(23)18-22-11-5-7-13-24(22)27(25)34-26/h1-13,25-28H,14-19H2. The van der Waals surface area contributed by atoms with Gasteiger partial charge in [0.2, 0.25) is 0 Å². The van der Waals surface area contributed by atoms with Gasteiger partial charge in [-0.15, -0.1) is 0 Å². The van der Waals surface area contributed by atoms with Gasteiger partial charge < -0.3 is 9.64 Å². The summed E-state index contributed by atoms with van der Waals surface area (Å²) < 4.78 is 22.3. The van der Waals surface area contributed by atoms with Crippen LogP contribution in [0.5, 0.6) is 0 Å². The zero-order valence-electron chi connectivity index (χ0n) is 19.1. The summed E-state index contributed by atoms with van der Waals surface area (Å²) in [5, 5.41) is 0. The molecule has 6 rings (SSSR count). The van der Waals surface area contributed by atoms with Crippen LogP contribution >= 0.6 is 0 Å². The van der Waals surface area contributed by atoms with Gasteiger partial charge in [0.25, 0.3) is 5.91 Å². The summed E-state index contributed by atoms with van der Waals surface area (Å²) in [6, 6.07) is 26.3. The lowest BCUT2D eigenvalue weighted by atomic mass is 9.87. The number of piperazine rings is 1. The fraction of sp³-hybridized carbons (Fsp3) is 0.345. The highest BCUT2D eigenvalue weighted by molar-refractivity contribution is 5.94. The van der Waals surface area contributed by atoms with Crippen molar-refractivity contribution in [2.75, 3.05) is 26.2 Å². The smallest absolute Gasteiger partial charge is 0.253 e. The van der Waals surface area contributed by atoms with E-state index >= 15 is 4.39 Å². The Morgan fingerprint density at radius 1 is 0.824 bits per heavy atom. The zero-order valence-corrected chi connectivity index (χ0v) is 19.1.